The Labute approximate surface area is 150 Å². The second-order valence-corrected chi connectivity index (χ2v) is 5.25. The Bertz CT molecular complexity index is 715. The van der Waals surface area contributed by atoms with E-state index in [-0.39, 0.29) is 6.54 Å². The van der Waals surface area contributed by atoms with Crippen LogP contribution in [0.5, 0.6) is 5.75 Å². The molecule has 0 saturated heterocycles. The Morgan fingerprint density at radius 1 is 1.12 bits per heavy atom. The summed E-state index contributed by atoms with van der Waals surface area (Å²) in [5, 5.41) is 4.50. The summed E-state index contributed by atoms with van der Waals surface area (Å²) in [5.74, 6) is -0.353. The van der Waals surface area contributed by atoms with E-state index in [1.165, 1.54) is 6.26 Å². The molecule has 2 rings (SSSR count). The zero-order chi connectivity index (χ0) is 18.8. The lowest BCUT2D eigenvalue weighted by molar-refractivity contribution is -0.155. The molecule has 26 heavy (non-hydrogen) atoms. The molecule has 138 valence electrons. The van der Waals surface area contributed by atoms with Gasteiger partial charge in [-0.15, -0.1) is 0 Å². The first-order valence-corrected chi connectivity index (χ1v) is 8.07. The Hall–Kier alpha value is -3.29. The molecule has 1 atom stereocenters. The number of carbonyl (C=O) groups excluding carboxylic acids is 3. The van der Waals surface area contributed by atoms with Crippen LogP contribution in [0, 0.1) is 0 Å². The molecule has 0 aliphatic heterocycles. The SMILES string of the molecule is CC[C@@H](Oc1ccccc1)C(=O)OCC(=O)NC(=O)NCc1ccco1. The van der Waals surface area contributed by atoms with Gasteiger partial charge in [-0.3, -0.25) is 10.1 Å². The molecule has 2 N–H and O–H groups in total. The molecule has 3 amide bonds. The highest BCUT2D eigenvalue weighted by Gasteiger charge is 2.21. The van der Waals surface area contributed by atoms with Gasteiger partial charge in [0.25, 0.3) is 5.91 Å². The van der Waals surface area contributed by atoms with Crippen LogP contribution in [0.4, 0.5) is 4.79 Å². The largest absolute Gasteiger partial charge is 0.479 e. The van der Waals surface area contributed by atoms with Gasteiger partial charge in [-0.2, -0.15) is 0 Å². The maximum absolute atomic E-state index is 12.0. The molecule has 1 aromatic heterocycles. The molecule has 8 nitrogen and oxygen atoms in total. The monoisotopic (exact) mass is 360 g/mol. The van der Waals surface area contributed by atoms with E-state index in [9.17, 15) is 14.4 Å². The van der Waals surface area contributed by atoms with Crippen LogP contribution in [0.15, 0.2) is 53.1 Å². The average Bonchev–Trinajstić information content (AvgIpc) is 3.17. The van der Waals surface area contributed by atoms with Crippen molar-refractivity contribution in [2.24, 2.45) is 0 Å². The predicted octanol–water partition coefficient (Wildman–Crippen LogP) is 2.01. The van der Waals surface area contributed by atoms with Crippen LogP contribution in [-0.2, 0) is 20.9 Å². The summed E-state index contributed by atoms with van der Waals surface area (Å²) in [4.78, 5) is 35.3. The van der Waals surface area contributed by atoms with E-state index in [2.05, 4.69) is 10.6 Å². The second kappa shape index (κ2) is 9.87. The van der Waals surface area contributed by atoms with Gasteiger partial charge in [-0.1, -0.05) is 25.1 Å². The number of hydrogen-bond donors (Lipinski definition) is 2. The third-order valence-corrected chi connectivity index (χ3v) is 3.26. The van der Waals surface area contributed by atoms with Gasteiger partial charge in [0.05, 0.1) is 12.8 Å². The molecule has 1 heterocycles. The van der Waals surface area contributed by atoms with Crippen molar-refractivity contribution in [3.63, 3.8) is 0 Å². The number of hydrogen-bond acceptors (Lipinski definition) is 6. The number of furan rings is 1. The fourth-order valence-electron chi connectivity index (χ4n) is 1.98. The van der Waals surface area contributed by atoms with Crippen molar-refractivity contribution in [1.82, 2.24) is 10.6 Å². The van der Waals surface area contributed by atoms with Gasteiger partial charge < -0.3 is 19.2 Å². The quantitative estimate of drug-likeness (QED) is 0.698. The van der Waals surface area contributed by atoms with E-state index in [1.54, 1.807) is 43.3 Å². The summed E-state index contributed by atoms with van der Waals surface area (Å²) in [6.45, 7) is 1.31. The van der Waals surface area contributed by atoms with Gasteiger partial charge in [-0.25, -0.2) is 9.59 Å². The number of rotatable bonds is 8. The minimum atomic E-state index is -0.835. The molecule has 0 radical (unpaired) electrons. The normalized spacial score (nSPS) is 11.3. The zero-order valence-corrected chi connectivity index (χ0v) is 14.3. The minimum absolute atomic E-state index is 0.134. The Kier molecular flexibility index (Phi) is 7.23. The summed E-state index contributed by atoms with van der Waals surface area (Å²) in [6, 6.07) is 11.5. The van der Waals surface area contributed by atoms with Crippen molar-refractivity contribution >= 4 is 17.9 Å². The van der Waals surface area contributed by atoms with Gasteiger partial charge >= 0.3 is 12.0 Å². The van der Waals surface area contributed by atoms with Crippen molar-refractivity contribution < 1.29 is 28.3 Å². The molecule has 1 aromatic carbocycles. The number of carbonyl (C=O) groups is 3. The maximum atomic E-state index is 12.0. The van der Waals surface area contributed by atoms with Crippen molar-refractivity contribution in [3.05, 3.63) is 54.5 Å². The Morgan fingerprint density at radius 2 is 1.88 bits per heavy atom. The van der Waals surface area contributed by atoms with Crippen LogP contribution < -0.4 is 15.4 Å². The van der Waals surface area contributed by atoms with Crippen molar-refractivity contribution in [2.75, 3.05) is 6.61 Å². The molecule has 0 bridgehead atoms. The van der Waals surface area contributed by atoms with Crippen LogP contribution in [0.3, 0.4) is 0 Å². The number of benzene rings is 1. The fourth-order valence-corrected chi connectivity index (χ4v) is 1.98. The third kappa shape index (κ3) is 6.31. The van der Waals surface area contributed by atoms with Gasteiger partial charge in [0, 0.05) is 0 Å². The van der Waals surface area contributed by atoms with Crippen molar-refractivity contribution in [1.29, 1.82) is 0 Å². The lowest BCUT2D eigenvalue weighted by Crippen LogP contribution is -2.41. The molecule has 8 heteroatoms. The first-order valence-electron chi connectivity index (χ1n) is 8.07. The van der Waals surface area contributed by atoms with E-state index in [4.69, 9.17) is 13.9 Å². The molecule has 0 unspecified atom stereocenters. The molecule has 0 saturated carbocycles. The standard InChI is InChI=1S/C18H20N2O6/c1-2-15(26-13-7-4-3-5-8-13)17(22)25-12-16(21)20-18(23)19-11-14-9-6-10-24-14/h3-10,15H,2,11-12H2,1H3,(H2,19,20,21,23)/t15-/m1/s1. The van der Waals surface area contributed by atoms with Gasteiger partial charge in [0.2, 0.25) is 0 Å². The molecule has 2 aromatic rings. The first-order chi connectivity index (χ1) is 12.6. The van der Waals surface area contributed by atoms with Crippen LogP contribution in [-0.4, -0.2) is 30.6 Å². The van der Waals surface area contributed by atoms with Gasteiger partial charge in [0.15, 0.2) is 12.7 Å². The summed E-state index contributed by atoms with van der Waals surface area (Å²) in [7, 11) is 0. The second-order valence-electron chi connectivity index (χ2n) is 5.25. The highest BCUT2D eigenvalue weighted by molar-refractivity contribution is 5.95. The lowest BCUT2D eigenvalue weighted by atomic mass is 10.2. The molecular formula is C18H20N2O6. The van der Waals surface area contributed by atoms with E-state index in [0.29, 0.717) is 17.9 Å². The number of urea groups is 1. The topological polar surface area (TPSA) is 107 Å². The fraction of sp³-hybridized carbons (Fsp3) is 0.278. The van der Waals surface area contributed by atoms with Crippen molar-refractivity contribution in [2.45, 2.75) is 26.0 Å². The Balaban J connectivity index is 1.71. The lowest BCUT2D eigenvalue weighted by Gasteiger charge is -2.16. The highest BCUT2D eigenvalue weighted by atomic mass is 16.6. The highest BCUT2D eigenvalue weighted by Crippen LogP contribution is 2.13. The summed E-state index contributed by atoms with van der Waals surface area (Å²) >= 11 is 0. The van der Waals surface area contributed by atoms with E-state index in [0.717, 1.165) is 0 Å². The predicted molar refractivity (Wildman–Crippen MR) is 91.2 cm³/mol. The smallest absolute Gasteiger partial charge is 0.347 e. The van der Waals surface area contributed by atoms with Crippen LogP contribution in [0.25, 0.3) is 0 Å². The number of esters is 1. The molecule has 0 fully saturated rings. The van der Waals surface area contributed by atoms with Crippen LogP contribution in [0.1, 0.15) is 19.1 Å². The summed E-state index contributed by atoms with van der Waals surface area (Å²) < 4.78 is 15.5. The number of amides is 3. The number of ether oxygens (including phenoxy) is 2. The molecule has 0 aliphatic carbocycles. The summed E-state index contributed by atoms with van der Waals surface area (Å²) in [5.41, 5.74) is 0. The number of nitrogens with one attached hydrogen (secondary N) is 2. The van der Waals surface area contributed by atoms with Crippen molar-refractivity contribution in [3.8, 4) is 5.75 Å². The summed E-state index contributed by atoms with van der Waals surface area (Å²) in [6.07, 6.45) is 1.01. The van der Waals surface area contributed by atoms with Crippen LogP contribution >= 0.6 is 0 Å². The van der Waals surface area contributed by atoms with E-state index in [1.807, 2.05) is 6.07 Å². The van der Waals surface area contributed by atoms with Gasteiger partial charge in [0.1, 0.15) is 11.5 Å². The number of para-hydroxylation sites is 1. The average molecular weight is 360 g/mol. The Morgan fingerprint density at radius 3 is 2.54 bits per heavy atom. The third-order valence-electron chi connectivity index (χ3n) is 3.26. The van der Waals surface area contributed by atoms with E-state index < -0.39 is 30.6 Å². The van der Waals surface area contributed by atoms with Gasteiger partial charge in [-0.05, 0) is 30.7 Å². The minimum Gasteiger partial charge on any atom is -0.479 e. The maximum Gasteiger partial charge on any atom is 0.347 e. The van der Waals surface area contributed by atoms with E-state index >= 15 is 0 Å². The molecular weight excluding hydrogens is 340 g/mol. The first kappa shape index (κ1) is 19.0. The van der Waals surface area contributed by atoms with Crippen LogP contribution in [0.2, 0.25) is 0 Å². The zero-order valence-electron chi connectivity index (χ0n) is 14.3. The number of imide groups is 1. The molecule has 0 aliphatic rings. The molecule has 0 spiro atoms.